The van der Waals surface area contributed by atoms with Crippen molar-refractivity contribution in [3.63, 3.8) is 0 Å². The van der Waals surface area contributed by atoms with E-state index in [1.54, 1.807) is 36.6 Å². The van der Waals surface area contributed by atoms with Gasteiger partial charge < -0.3 is 10.5 Å². The van der Waals surface area contributed by atoms with Crippen LogP contribution >= 0.6 is 11.3 Å². The van der Waals surface area contributed by atoms with Crippen LogP contribution in [0.5, 0.6) is 0 Å². The zero-order chi connectivity index (χ0) is 16.4. The van der Waals surface area contributed by atoms with Crippen molar-refractivity contribution in [3.05, 3.63) is 46.1 Å². The first-order valence-corrected chi connectivity index (χ1v) is 7.79. The Morgan fingerprint density at radius 1 is 1.39 bits per heavy atom. The molecule has 0 bridgehead atoms. The number of para-hydroxylation sites is 1. The lowest BCUT2D eigenvalue weighted by Gasteiger charge is -2.10. The minimum absolute atomic E-state index is 0.231. The molecule has 0 aliphatic carbocycles. The molecule has 0 aliphatic rings. The first kappa shape index (κ1) is 15.0. The van der Waals surface area contributed by atoms with Gasteiger partial charge in [-0.2, -0.15) is 4.68 Å². The molecular weight excluding hydrogens is 316 g/mol. The molecule has 0 fully saturated rings. The normalized spacial score (nSPS) is 10.7. The predicted octanol–water partition coefficient (Wildman–Crippen LogP) is 2.60. The van der Waals surface area contributed by atoms with Gasteiger partial charge in [0, 0.05) is 10.8 Å². The predicted molar refractivity (Wildman–Crippen MR) is 90.3 cm³/mol. The van der Waals surface area contributed by atoms with E-state index in [-0.39, 0.29) is 18.0 Å². The smallest absolute Gasteiger partial charge is 0.412 e. The molecule has 0 aliphatic heterocycles. The monoisotopic (exact) mass is 330 g/mol. The number of nitrogen functional groups attached to an aromatic ring is 1. The van der Waals surface area contributed by atoms with Crippen LogP contribution in [0.2, 0.25) is 0 Å². The van der Waals surface area contributed by atoms with Crippen LogP contribution in [0.4, 0.5) is 15.6 Å². The molecule has 0 saturated heterocycles. The maximum absolute atomic E-state index is 12.7. The molecule has 0 saturated carbocycles. The molecule has 2 aromatic heterocycles. The van der Waals surface area contributed by atoms with E-state index in [1.165, 1.54) is 16.0 Å². The molecule has 3 aromatic rings. The molecule has 0 radical (unpaired) electrons. The molecule has 0 spiro atoms. The molecule has 0 atom stereocenters. The fourth-order valence-corrected chi connectivity index (χ4v) is 2.96. The Kier molecular flexibility index (Phi) is 3.98. The number of nitrogens with two attached hydrogens (primary N) is 1. The molecule has 118 valence electrons. The number of hydrogen-bond donors (Lipinski definition) is 2. The van der Waals surface area contributed by atoms with Gasteiger partial charge >= 0.3 is 6.09 Å². The molecule has 1 aromatic carbocycles. The number of carbonyl (C=O) groups is 1. The summed E-state index contributed by atoms with van der Waals surface area (Å²) in [6, 6.07) is 8.92. The fraction of sp³-hybridized carbons (Fsp3) is 0.133. The summed E-state index contributed by atoms with van der Waals surface area (Å²) in [5.41, 5.74) is 6.16. The Bertz CT molecular complexity index is 918. The van der Waals surface area contributed by atoms with Crippen molar-refractivity contribution in [2.24, 2.45) is 0 Å². The van der Waals surface area contributed by atoms with Crippen LogP contribution in [0, 0.1) is 0 Å². The number of anilines is 2. The number of hydrogen-bond acceptors (Lipinski definition) is 6. The first-order chi connectivity index (χ1) is 11.1. The van der Waals surface area contributed by atoms with Crippen molar-refractivity contribution in [2.75, 3.05) is 17.7 Å². The molecular formula is C15H14N4O3S. The van der Waals surface area contributed by atoms with Crippen molar-refractivity contribution >= 4 is 39.0 Å². The number of nitrogens with one attached hydrogen (secondary N) is 1. The summed E-state index contributed by atoms with van der Waals surface area (Å²) in [6.07, 6.45) is -0.635. The van der Waals surface area contributed by atoms with Crippen LogP contribution in [-0.4, -0.2) is 22.5 Å². The average molecular weight is 330 g/mol. The highest BCUT2D eigenvalue weighted by atomic mass is 32.1. The number of carbonyl (C=O) groups excluding carboxylic acids is 1. The standard InChI is InChI=1S/C15H14N4O3S/c1-2-22-15(21)17-13-10-8-23-12(16)11(10)14(20)19(18-13)9-6-4-3-5-7-9/h3-8H,2,16H2,1H3,(H,17,18,21). The SMILES string of the molecule is CCOC(=O)Nc1nn(-c2ccccc2)c(=O)c2c(N)scc12. The van der Waals surface area contributed by atoms with Crippen molar-refractivity contribution in [2.45, 2.75) is 6.92 Å². The topological polar surface area (TPSA) is 99.2 Å². The highest BCUT2D eigenvalue weighted by Crippen LogP contribution is 2.29. The number of nitrogens with zero attached hydrogens (tertiary/aromatic N) is 2. The van der Waals surface area contributed by atoms with Crippen molar-refractivity contribution < 1.29 is 9.53 Å². The summed E-state index contributed by atoms with van der Waals surface area (Å²) in [4.78, 5) is 24.4. The molecule has 8 heteroatoms. The minimum Gasteiger partial charge on any atom is -0.450 e. The van der Waals surface area contributed by atoms with Gasteiger partial charge in [-0.15, -0.1) is 16.4 Å². The van der Waals surface area contributed by atoms with E-state index in [4.69, 9.17) is 10.5 Å². The third-order valence-corrected chi connectivity index (χ3v) is 3.99. The number of thiophene rings is 1. The second-order valence-corrected chi connectivity index (χ2v) is 5.55. The molecule has 3 rings (SSSR count). The maximum atomic E-state index is 12.7. The third-order valence-electron chi connectivity index (χ3n) is 3.18. The quantitative estimate of drug-likeness (QED) is 0.769. The van der Waals surface area contributed by atoms with Crippen molar-refractivity contribution in [3.8, 4) is 5.69 Å². The molecule has 2 heterocycles. The van der Waals surface area contributed by atoms with Crippen molar-refractivity contribution in [1.29, 1.82) is 0 Å². The molecule has 0 unspecified atom stereocenters. The van der Waals surface area contributed by atoms with E-state index in [0.29, 0.717) is 21.5 Å². The largest absolute Gasteiger partial charge is 0.450 e. The van der Waals surface area contributed by atoms with Gasteiger partial charge in [0.2, 0.25) is 0 Å². The Hall–Kier alpha value is -2.87. The zero-order valence-electron chi connectivity index (χ0n) is 12.3. The second kappa shape index (κ2) is 6.09. The molecule has 3 N–H and O–H groups in total. The lowest BCUT2D eigenvalue weighted by atomic mass is 10.2. The van der Waals surface area contributed by atoms with Gasteiger partial charge in [0.15, 0.2) is 5.82 Å². The van der Waals surface area contributed by atoms with E-state index >= 15 is 0 Å². The van der Waals surface area contributed by atoms with Gasteiger partial charge in [0.05, 0.1) is 22.7 Å². The summed E-state index contributed by atoms with van der Waals surface area (Å²) in [6.45, 7) is 1.94. The molecule has 7 nitrogen and oxygen atoms in total. The van der Waals surface area contributed by atoms with Crippen LogP contribution in [0.1, 0.15) is 6.92 Å². The number of amides is 1. The Labute approximate surface area is 135 Å². The van der Waals surface area contributed by atoms with Gasteiger partial charge in [-0.3, -0.25) is 10.1 Å². The fourth-order valence-electron chi connectivity index (χ4n) is 2.17. The number of aromatic nitrogens is 2. The summed E-state index contributed by atoms with van der Waals surface area (Å²) < 4.78 is 6.09. The third kappa shape index (κ3) is 2.76. The number of rotatable bonds is 3. The summed E-state index contributed by atoms with van der Waals surface area (Å²) in [5.74, 6) is 0.231. The van der Waals surface area contributed by atoms with Gasteiger partial charge in [-0.25, -0.2) is 4.79 Å². The highest BCUT2D eigenvalue weighted by molar-refractivity contribution is 7.15. The lowest BCUT2D eigenvalue weighted by molar-refractivity contribution is 0.168. The average Bonchev–Trinajstić information content (AvgIpc) is 2.94. The van der Waals surface area contributed by atoms with Crippen LogP contribution in [-0.2, 0) is 4.74 Å². The van der Waals surface area contributed by atoms with Gasteiger partial charge in [0.1, 0.15) is 0 Å². The number of ether oxygens (including phenoxy) is 1. The maximum Gasteiger partial charge on any atom is 0.412 e. The van der Waals surface area contributed by atoms with Crippen LogP contribution < -0.4 is 16.6 Å². The molecule has 1 amide bonds. The lowest BCUT2D eigenvalue weighted by Crippen LogP contribution is -2.24. The van der Waals surface area contributed by atoms with Gasteiger partial charge in [-0.1, -0.05) is 18.2 Å². The minimum atomic E-state index is -0.635. The number of fused-ring (bicyclic) bond motifs is 1. The van der Waals surface area contributed by atoms with E-state index in [9.17, 15) is 9.59 Å². The van der Waals surface area contributed by atoms with Crippen LogP contribution in [0.25, 0.3) is 16.5 Å². The van der Waals surface area contributed by atoms with E-state index in [0.717, 1.165) is 0 Å². The van der Waals surface area contributed by atoms with Gasteiger partial charge in [0.25, 0.3) is 5.56 Å². The second-order valence-electron chi connectivity index (χ2n) is 4.64. The van der Waals surface area contributed by atoms with E-state index in [1.807, 2.05) is 6.07 Å². The van der Waals surface area contributed by atoms with E-state index in [2.05, 4.69) is 10.4 Å². The summed E-state index contributed by atoms with van der Waals surface area (Å²) in [7, 11) is 0. The summed E-state index contributed by atoms with van der Waals surface area (Å²) in [5, 5.41) is 9.71. The van der Waals surface area contributed by atoms with Gasteiger partial charge in [-0.05, 0) is 19.1 Å². The molecule has 23 heavy (non-hydrogen) atoms. The van der Waals surface area contributed by atoms with E-state index < -0.39 is 6.09 Å². The van der Waals surface area contributed by atoms with Crippen LogP contribution in [0.15, 0.2) is 40.5 Å². The number of benzene rings is 1. The summed E-state index contributed by atoms with van der Waals surface area (Å²) >= 11 is 1.22. The highest BCUT2D eigenvalue weighted by Gasteiger charge is 2.17. The Morgan fingerprint density at radius 2 is 2.13 bits per heavy atom. The zero-order valence-corrected chi connectivity index (χ0v) is 13.1. The van der Waals surface area contributed by atoms with Crippen molar-refractivity contribution in [1.82, 2.24) is 9.78 Å². The Morgan fingerprint density at radius 3 is 2.83 bits per heavy atom. The first-order valence-electron chi connectivity index (χ1n) is 6.91. The Balaban J connectivity index is 2.22. The van der Waals surface area contributed by atoms with Crippen LogP contribution in [0.3, 0.4) is 0 Å².